The maximum absolute atomic E-state index is 12.7. The number of aliphatic carboxylic acids is 1. The number of benzene rings is 1. The minimum atomic E-state index is -0.892. The fraction of sp³-hybridized carbons (Fsp3) is 0.353. The van der Waals surface area contributed by atoms with Crippen molar-refractivity contribution in [2.75, 3.05) is 6.54 Å². The molecule has 23 heavy (non-hydrogen) atoms. The van der Waals surface area contributed by atoms with Crippen molar-refractivity contribution in [3.8, 4) is 0 Å². The summed E-state index contributed by atoms with van der Waals surface area (Å²) in [4.78, 5) is 30.1. The second-order valence-corrected chi connectivity index (χ2v) is 5.80. The lowest BCUT2D eigenvalue weighted by atomic mass is 9.83. The van der Waals surface area contributed by atoms with Crippen LogP contribution in [0.5, 0.6) is 0 Å². The van der Waals surface area contributed by atoms with E-state index in [4.69, 9.17) is 0 Å². The lowest BCUT2D eigenvalue weighted by Gasteiger charge is -2.38. The van der Waals surface area contributed by atoms with Crippen molar-refractivity contribution in [2.45, 2.75) is 31.8 Å². The van der Waals surface area contributed by atoms with Crippen LogP contribution in [0.25, 0.3) is 0 Å². The van der Waals surface area contributed by atoms with Gasteiger partial charge in [0.25, 0.3) is 5.91 Å². The topological polar surface area (TPSA) is 75.4 Å². The van der Waals surface area contributed by atoms with Crippen LogP contribution in [0, 0.1) is 0 Å². The summed E-state index contributed by atoms with van der Waals surface area (Å²) in [5, 5.41) is 9.58. The summed E-state index contributed by atoms with van der Waals surface area (Å²) < 4.78 is 1.95. The fourth-order valence-corrected chi connectivity index (χ4v) is 3.23. The molecule has 1 aromatic heterocycles. The molecule has 0 saturated carbocycles. The van der Waals surface area contributed by atoms with Gasteiger partial charge in [-0.15, -0.1) is 0 Å². The molecule has 1 aliphatic rings. The van der Waals surface area contributed by atoms with E-state index in [0.717, 1.165) is 13.0 Å². The number of carboxylic acids is 1. The normalized spacial score (nSPS) is 20.4. The predicted octanol–water partition coefficient (Wildman–Crippen LogP) is 1.99. The van der Waals surface area contributed by atoms with Crippen molar-refractivity contribution in [3.63, 3.8) is 0 Å². The van der Waals surface area contributed by atoms with Gasteiger partial charge in [-0.3, -0.25) is 9.59 Å². The van der Waals surface area contributed by atoms with Gasteiger partial charge < -0.3 is 14.6 Å². The second-order valence-electron chi connectivity index (χ2n) is 5.80. The van der Waals surface area contributed by atoms with E-state index in [2.05, 4.69) is 4.98 Å². The second kappa shape index (κ2) is 6.24. The van der Waals surface area contributed by atoms with Crippen LogP contribution in [0.3, 0.4) is 0 Å². The van der Waals surface area contributed by atoms with Crippen molar-refractivity contribution in [1.82, 2.24) is 14.5 Å². The molecule has 0 saturated heterocycles. The molecule has 2 heterocycles. The average molecular weight is 313 g/mol. The molecule has 0 aliphatic carbocycles. The van der Waals surface area contributed by atoms with E-state index >= 15 is 0 Å². The van der Waals surface area contributed by atoms with E-state index in [1.54, 1.807) is 41.7 Å². The van der Waals surface area contributed by atoms with Gasteiger partial charge >= 0.3 is 5.97 Å². The highest BCUT2D eigenvalue weighted by Gasteiger charge is 2.40. The number of rotatable bonds is 5. The summed E-state index contributed by atoms with van der Waals surface area (Å²) in [6.07, 6.45) is 6.07. The minimum absolute atomic E-state index is 0.0868. The monoisotopic (exact) mass is 313 g/mol. The van der Waals surface area contributed by atoms with E-state index in [1.165, 1.54) is 0 Å². The molecule has 0 radical (unpaired) electrons. The molecule has 6 heteroatoms. The Bertz CT molecular complexity index is 712. The first-order valence-corrected chi connectivity index (χ1v) is 7.68. The fourth-order valence-electron chi connectivity index (χ4n) is 3.23. The predicted molar refractivity (Wildman–Crippen MR) is 84.2 cm³/mol. The maximum Gasteiger partial charge on any atom is 0.313 e. The van der Waals surface area contributed by atoms with Crippen molar-refractivity contribution in [3.05, 3.63) is 54.1 Å². The zero-order chi connectivity index (χ0) is 16.4. The van der Waals surface area contributed by atoms with Crippen molar-refractivity contribution in [2.24, 2.45) is 0 Å². The summed E-state index contributed by atoms with van der Waals surface area (Å²) in [7, 11) is 0. The lowest BCUT2D eigenvalue weighted by Crippen LogP contribution is -2.49. The molecule has 1 aliphatic heterocycles. The van der Waals surface area contributed by atoms with Crippen molar-refractivity contribution < 1.29 is 14.7 Å². The van der Waals surface area contributed by atoms with Crippen molar-refractivity contribution >= 4 is 11.9 Å². The molecule has 1 aromatic carbocycles. The molecule has 2 atom stereocenters. The molecule has 3 rings (SSSR count). The van der Waals surface area contributed by atoms with Gasteiger partial charge in [0.15, 0.2) is 0 Å². The van der Waals surface area contributed by atoms with Gasteiger partial charge in [-0.2, -0.15) is 0 Å². The van der Waals surface area contributed by atoms with Crippen LogP contribution in [0.1, 0.15) is 35.2 Å². The minimum Gasteiger partial charge on any atom is -0.481 e. The molecular formula is C17H19N3O3. The van der Waals surface area contributed by atoms with E-state index in [-0.39, 0.29) is 11.9 Å². The highest BCUT2D eigenvalue weighted by atomic mass is 16.4. The maximum atomic E-state index is 12.7. The molecule has 0 fully saturated rings. The number of fused-ring (bicyclic) bond motifs is 1. The van der Waals surface area contributed by atoms with E-state index in [9.17, 15) is 14.7 Å². The van der Waals surface area contributed by atoms with Gasteiger partial charge in [-0.1, -0.05) is 18.2 Å². The smallest absolute Gasteiger partial charge is 0.313 e. The Morgan fingerprint density at radius 2 is 2.09 bits per heavy atom. The Morgan fingerprint density at radius 1 is 1.30 bits per heavy atom. The number of carboxylic acid groups (broad SMARTS) is 1. The number of carbonyl (C=O) groups is 2. The van der Waals surface area contributed by atoms with Gasteiger partial charge in [0, 0.05) is 37.1 Å². The van der Waals surface area contributed by atoms with Gasteiger partial charge in [0.1, 0.15) is 5.92 Å². The summed E-state index contributed by atoms with van der Waals surface area (Å²) in [5.74, 6) is -1.66. The first-order chi connectivity index (χ1) is 11.1. The Labute approximate surface area is 134 Å². The third-order valence-electron chi connectivity index (χ3n) is 4.40. The number of aromatic nitrogens is 2. The summed E-state index contributed by atoms with van der Waals surface area (Å²) in [5.41, 5.74) is 1.11. The molecule has 0 spiro atoms. The van der Waals surface area contributed by atoms with Gasteiger partial charge in [0.05, 0.1) is 6.33 Å². The van der Waals surface area contributed by atoms with Crippen LogP contribution < -0.4 is 0 Å². The molecule has 120 valence electrons. The van der Waals surface area contributed by atoms with Gasteiger partial charge in [0.2, 0.25) is 0 Å². The van der Waals surface area contributed by atoms with Crippen LogP contribution >= 0.6 is 0 Å². The Morgan fingerprint density at radius 3 is 2.78 bits per heavy atom. The van der Waals surface area contributed by atoms with Crippen LogP contribution in [0.15, 0.2) is 43.0 Å². The molecule has 6 nitrogen and oxygen atoms in total. The number of imidazole rings is 1. The standard InChI is InChI=1S/C17H19N3O3/c1-12-15(17(22)23)13-5-2-3-6-14(13)16(21)20(12)9-4-8-19-10-7-18-11-19/h2-3,5-7,10-12,15H,4,8-9H2,1H3,(H,22,23). The number of nitrogens with zero attached hydrogens (tertiary/aromatic N) is 3. The highest BCUT2D eigenvalue weighted by Crippen LogP contribution is 2.33. The van der Waals surface area contributed by atoms with E-state index < -0.39 is 11.9 Å². The number of hydrogen-bond acceptors (Lipinski definition) is 3. The zero-order valence-corrected chi connectivity index (χ0v) is 12.9. The lowest BCUT2D eigenvalue weighted by molar-refractivity contribution is -0.140. The first-order valence-electron chi connectivity index (χ1n) is 7.68. The van der Waals surface area contributed by atoms with Crippen LogP contribution in [-0.2, 0) is 11.3 Å². The molecule has 2 unspecified atom stereocenters. The quantitative estimate of drug-likeness (QED) is 0.916. The number of amides is 1. The van der Waals surface area contributed by atoms with Crippen LogP contribution in [-0.4, -0.2) is 44.0 Å². The van der Waals surface area contributed by atoms with E-state index in [0.29, 0.717) is 17.7 Å². The van der Waals surface area contributed by atoms with Gasteiger partial charge in [-0.05, 0) is 25.0 Å². The summed E-state index contributed by atoms with van der Waals surface area (Å²) in [6.45, 7) is 3.08. The summed E-state index contributed by atoms with van der Waals surface area (Å²) in [6, 6.07) is 6.64. The molecule has 1 N–H and O–H groups in total. The Balaban J connectivity index is 1.80. The third-order valence-corrected chi connectivity index (χ3v) is 4.40. The van der Waals surface area contributed by atoms with Crippen molar-refractivity contribution in [1.29, 1.82) is 0 Å². The highest BCUT2D eigenvalue weighted by molar-refractivity contribution is 6.00. The first kappa shape index (κ1) is 15.3. The van der Waals surface area contributed by atoms with Crippen LogP contribution in [0.4, 0.5) is 0 Å². The van der Waals surface area contributed by atoms with Crippen LogP contribution in [0.2, 0.25) is 0 Å². The molecule has 0 bridgehead atoms. The third kappa shape index (κ3) is 2.84. The summed E-state index contributed by atoms with van der Waals surface area (Å²) >= 11 is 0. The Hall–Kier alpha value is -2.63. The van der Waals surface area contributed by atoms with Gasteiger partial charge in [-0.25, -0.2) is 4.98 Å². The largest absolute Gasteiger partial charge is 0.481 e. The number of hydrogen-bond donors (Lipinski definition) is 1. The number of aryl methyl sites for hydroxylation is 1. The van der Waals surface area contributed by atoms with E-state index in [1.807, 2.05) is 17.7 Å². The molecular weight excluding hydrogens is 294 g/mol. The Kier molecular flexibility index (Phi) is 4.14. The molecule has 2 aromatic rings. The molecule has 1 amide bonds. The number of carbonyl (C=O) groups excluding carboxylic acids is 1. The zero-order valence-electron chi connectivity index (χ0n) is 12.9. The SMILES string of the molecule is CC1C(C(=O)O)c2ccccc2C(=O)N1CCCn1ccnc1. The average Bonchev–Trinajstić information content (AvgIpc) is 3.04.